The number of hydrazone groups is 1. The second kappa shape index (κ2) is 8.76. The highest BCUT2D eigenvalue weighted by Crippen LogP contribution is 2.59. The zero-order valence-electron chi connectivity index (χ0n) is 19.5. The molecule has 1 spiro atoms. The number of rotatable bonds is 4. The Balaban J connectivity index is 1.50. The number of carbonyl (C=O) groups is 2. The molecule has 3 aromatic carbocycles. The van der Waals surface area contributed by atoms with E-state index in [1.54, 1.807) is 9.91 Å². The quantitative estimate of drug-likeness (QED) is 0.418. The average Bonchev–Trinajstić information content (AvgIpc) is 3.56. The van der Waals surface area contributed by atoms with Gasteiger partial charge in [0.15, 0.2) is 22.3 Å². The van der Waals surface area contributed by atoms with E-state index in [4.69, 9.17) is 14.6 Å². The largest absolute Gasteiger partial charge is 0.454 e. The van der Waals surface area contributed by atoms with Gasteiger partial charge in [0, 0.05) is 12.6 Å². The Kier molecular flexibility index (Phi) is 5.54. The fourth-order valence-electron chi connectivity index (χ4n) is 4.24. The normalized spacial score (nSPS) is 21.6. The fraction of sp³-hybridized carbons (Fsp3) is 0.148. The maximum atomic E-state index is 14.0. The van der Waals surface area contributed by atoms with E-state index >= 15 is 0 Å². The minimum absolute atomic E-state index is 0.149. The van der Waals surface area contributed by atoms with Crippen molar-refractivity contribution in [3.05, 3.63) is 88.8 Å². The van der Waals surface area contributed by atoms with E-state index in [0.29, 0.717) is 27.1 Å². The van der Waals surface area contributed by atoms with Gasteiger partial charge in [-0.1, -0.05) is 48.2 Å². The van der Waals surface area contributed by atoms with Crippen LogP contribution in [0.15, 0.2) is 82.8 Å². The summed E-state index contributed by atoms with van der Waals surface area (Å²) in [5.74, 6) is 1.01. The maximum Gasteiger partial charge on any atom is 0.268 e. The number of carbonyl (C=O) groups excluding carboxylic acids is 2. The molecule has 6 rings (SSSR count). The first-order valence-electron chi connectivity index (χ1n) is 11.3. The van der Waals surface area contributed by atoms with Gasteiger partial charge in [-0.05, 0) is 72.3 Å². The van der Waals surface area contributed by atoms with Crippen molar-refractivity contribution in [2.75, 3.05) is 16.7 Å². The Morgan fingerprint density at radius 1 is 0.972 bits per heavy atom. The van der Waals surface area contributed by atoms with E-state index in [1.165, 1.54) is 30.4 Å². The lowest BCUT2D eigenvalue weighted by Crippen LogP contribution is -2.51. The zero-order valence-corrected chi connectivity index (χ0v) is 21.1. The number of ether oxygens (including phenoxy) is 2. The Bertz CT molecular complexity index is 1460. The molecule has 36 heavy (non-hydrogen) atoms. The molecular formula is C27H21N3O4S2. The molecule has 3 aromatic rings. The summed E-state index contributed by atoms with van der Waals surface area (Å²) >= 11 is 2.66. The molecule has 1 amide bonds. The summed E-state index contributed by atoms with van der Waals surface area (Å²) in [5.41, 5.74) is 3.38. The Hall–Kier alpha value is -3.69. The van der Waals surface area contributed by atoms with Gasteiger partial charge in [0.25, 0.3) is 5.91 Å². The van der Waals surface area contributed by atoms with Crippen LogP contribution in [0.5, 0.6) is 11.5 Å². The lowest BCUT2D eigenvalue weighted by molar-refractivity contribution is -0.114. The molecule has 1 atom stereocenters. The van der Waals surface area contributed by atoms with E-state index in [1.807, 2.05) is 85.8 Å². The van der Waals surface area contributed by atoms with Crippen molar-refractivity contribution in [2.24, 2.45) is 5.10 Å². The van der Waals surface area contributed by atoms with Crippen LogP contribution in [-0.2, 0) is 9.59 Å². The highest BCUT2D eigenvalue weighted by Gasteiger charge is 2.59. The SMILES string of the molecule is CC(=O)C1=NN(c2cccc(C)c2)C2(S1)S/C(=C\c1ccc3c(c1)OCO3)C(=O)N2c1ccccc1. The number of aryl methyl sites for hydroxylation is 1. The maximum absolute atomic E-state index is 14.0. The molecule has 3 heterocycles. The third-order valence-corrected chi connectivity index (χ3v) is 8.70. The predicted molar refractivity (Wildman–Crippen MR) is 144 cm³/mol. The minimum atomic E-state index is -1.05. The van der Waals surface area contributed by atoms with E-state index in [2.05, 4.69) is 0 Å². The first kappa shape index (κ1) is 22.8. The third-order valence-electron chi connectivity index (χ3n) is 5.88. The fourth-order valence-corrected chi connectivity index (χ4v) is 7.12. The smallest absolute Gasteiger partial charge is 0.268 e. The van der Waals surface area contributed by atoms with Gasteiger partial charge >= 0.3 is 0 Å². The van der Waals surface area contributed by atoms with Crippen molar-refractivity contribution >= 4 is 57.7 Å². The molecular weight excluding hydrogens is 494 g/mol. The molecule has 0 saturated carbocycles. The predicted octanol–water partition coefficient (Wildman–Crippen LogP) is 5.61. The van der Waals surface area contributed by atoms with Crippen LogP contribution in [0.25, 0.3) is 6.08 Å². The molecule has 3 aliphatic rings. The Morgan fingerprint density at radius 2 is 1.75 bits per heavy atom. The molecule has 1 saturated heterocycles. The number of benzene rings is 3. The van der Waals surface area contributed by atoms with Crippen LogP contribution in [0.3, 0.4) is 0 Å². The van der Waals surface area contributed by atoms with Crippen molar-refractivity contribution in [2.45, 2.75) is 18.2 Å². The zero-order chi connectivity index (χ0) is 24.9. The van der Waals surface area contributed by atoms with Crippen LogP contribution in [0.1, 0.15) is 18.1 Å². The molecule has 180 valence electrons. The number of fused-ring (bicyclic) bond motifs is 1. The lowest BCUT2D eigenvalue weighted by atomic mass is 10.2. The molecule has 7 nitrogen and oxygen atoms in total. The van der Waals surface area contributed by atoms with Gasteiger partial charge in [0.2, 0.25) is 11.1 Å². The molecule has 1 fully saturated rings. The number of amides is 1. The molecule has 0 aromatic heterocycles. The molecule has 1 unspecified atom stereocenters. The van der Waals surface area contributed by atoms with E-state index < -0.39 is 4.33 Å². The summed E-state index contributed by atoms with van der Waals surface area (Å²) in [7, 11) is 0. The number of para-hydroxylation sites is 1. The van der Waals surface area contributed by atoms with Gasteiger partial charge in [-0.25, -0.2) is 5.01 Å². The third kappa shape index (κ3) is 3.75. The number of thioether (sulfide) groups is 2. The number of hydrogen-bond donors (Lipinski definition) is 0. The Labute approximate surface area is 216 Å². The minimum Gasteiger partial charge on any atom is -0.454 e. The highest BCUT2D eigenvalue weighted by molar-refractivity contribution is 8.29. The second-order valence-electron chi connectivity index (χ2n) is 8.46. The molecule has 0 aliphatic carbocycles. The molecule has 3 aliphatic heterocycles. The number of ketones is 1. The monoisotopic (exact) mass is 515 g/mol. The number of hydrogen-bond acceptors (Lipinski definition) is 8. The lowest BCUT2D eigenvalue weighted by Gasteiger charge is -2.38. The van der Waals surface area contributed by atoms with Crippen LogP contribution in [0.2, 0.25) is 0 Å². The summed E-state index contributed by atoms with van der Waals surface area (Å²) in [6.45, 7) is 3.68. The molecule has 0 radical (unpaired) electrons. The van der Waals surface area contributed by atoms with E-state index in [9.17, 15) is 9.59 Å². The van der Waals surface area contributed by atoms with Gasteiger partial charge in [-0.15, -0.1) is 0 Å². The molecule has 9 heteroatoms. The van der Waals surface area contributed by atoms with Crippen LogP contribution in [0, 0.1) is 6.92 Å². The van der Waals surface area contributed by atoms with Gasteiger partial charge < -0.3 is 9.47 Å². The van der Waals surface area contributed by atoms with E-state index in [-0.39, 0.29) is 18.5 Å². The van der Waals surface area contributed by atoms with Gasteiger partial charge in [0.05, 0.1) is 10.6 Å². The first-order valence-corrected chi connectivity index (χ1v) is 12.9. The van der Waals surface area contributed by atoms with Gasteiger partial charge in [-0.3, -0.25) is 14.5 Å². The van der Waals surface area contributed by atoms with Crippen LogP contribution in [-0.4, -0.2) is 27.9 Å². The Morgan fingerprint density at radius 3 is 2.53 bits per heavy atom. The summed E-state index contributed by atoms with van der Waals surface area (Å²) in [5, 5.41) is 6.86. The topological polar surface area (TPSA) is 71.4 Å². The first-order chi connectivity index (χ1) is 17.4. The van der Waals surface area contributed by atoms with Crippen molar-refractivity contribution in [3.8, 4) is 11.5 Å². The molecule has 0 bridgehead atoms. The standard InChI is InChI=1S/C27H21N3O4S2/c1-17-7-6-10-21(13-17)30-27(36-25(28-30)18(2)31)29(20-8-4-3-5-9-20)26(32)24(35-27)15-19-11-12-22-23(14-19)34-16-33-22/h3-15H,16H2,1-2H3/b24-15-. The van der Waals surface area contributed by atoms with Gasteiger partial charge in [0.1, 0.15) is 0 Å². The summed E-state index contributed by atoms with van der Waals surface area (Å²) in [4.78, 5) is 28.8. The second-order valence-corrected chi connectivity index (χ2v) is 11.1. The van der Waals surface area contributed by atoms with E-state index in [0.717, 1.165) is 16.8 Å². The summed E-state index contributed by atoms with van der Waals surface area (Å²) in [6, 6.07) is 23.0. The highest BCUT2D eigenvalue weighted by atomic mass is 32.2. The van der Waals surface area contributed by atoms with Crippen molar-refractivity contribution in [3.63, 3.8) is 0 Å². The van der Waals surface area contributed by atoms with Crippen molar-refractivity contribution < 1.29 is 19.1 Å². The van der Waals surface area contributed by atoms with Crippen LogP contribution in [0.4, 0.5) is 11.4 Å². The number of nitrogens with zero attached hydrogens (tertiary/aromatic N) is 3. The summed E-state index contributed by atoms with van der Waals surface area (Å²) in [6.07, 6.45) is 1.85. The van der Waals surface area contributed by atoms with Crippen LogP contribution < -0.4 is 19.4 Å². The average molecular weight is 516 g/mol. The van der Waals surface area contributed by atoms with Gasteiger partial charge in [-0.2, -0.15) is 5.10 Å². The van der Waals surface area contributed by atoms with Crippen molar-refractivity contribution in [1.82, 2.24) is 0 Å². The molecule has 0 N–H and O–H groups in total. The summed E-state index contributed by atoms with van der Waals surface area (Å²) < 4.78 is 9.89. The van der Waals surface area contributed by atoms with Crippen LogP contribution >= 0.6 is 23.5 Å². The number of Topliss-reactive ketones (excluding diaryl/α,β-unsaturated/α-hetero) is 1. The number of anilines is 2. The van der Waals surface area contributed by atoms with Crippen molar-refractivity contribution in [1.29, 1.82) is 0 Å².